The van der Waals surface area contributed by atoms with Crippen molar-refractivity contribution >= 4 is 5.69 Å². The molecule has 0 saturated carbocycles. The molecule has 1 atom stereocenters. The largest absolute Gasteiger partial charge is 0.486 e. The summed E-state index contributed by atoms with van der Waals surface area (Å²) < 4.78 is 19.4. The lowest BCUT2D eigenvalue weighted by molar-refractivity contribution is 0.182. The van der Waals surface area contributed by atoms with E-state index in [0.717, 1.165) is 26.1 Å². The number of benzene rings is 2. The predicted molar refractivity (Wildman–Crippen MR) is 103 cm³/mol. The lowest BCUT2D eigenvalue weighted by atomic mass is 10.00. The van der Waals surface area contributed by atoms with Gasteiger partial charge >= 0.3 is 0 Å². The Morgan fingerprint density at radius 1 is 1.08 bits per heavy atom. The van der Waals surface area contributed by atoms with Crippen LogP contribution in [0.3, 0.4) is 0 Å². The molecule has 0 saturated heterocycles. The maximum absolute atomic E-state index is 13.2. The fourth-order valence-corrected chi connectivity index (χ4v) is 3.54. The minimum atomic E-state index is -0.244. The minimum absolute atomic E-state index is 0.0220. The molecule has 0 N–H and O–H groups in total. The molecule has 0 fully saturated rings. The third kappa shape index (κ3) is 3.65. The molecule has 2 aromatic rings. The molecule has 26 heavy (non-hydrogen) atoms. The normalized spacial score (nSPS) is 19.9. The average molecular weight is 350 g/mol. The zero-order valence-electron chi connectivity index (χ0n) is 14.9. The Kier molecular flexibility index (Phi) is 4.76. The van der Waals surface area contributed by atoms with Crippen molar-refractivity contribution in [1.29, 1.82) is 0 Å². The zero-order chi connectivity index (χ0) is 17.9. The van der Waals surface area contributed by atoms with Crippen LogP contribution in [0.2, 0.25) is 0 Å². The van der Waals surface area contributed by atoms with Gasteiger partial charge in [-0.2, -0.15) is 0 Å². The Morgan fingerprint density at radius 3 is 2.69 bits per heavy atom. The van der Waals surface area contributed by atoms with Gasteiger partial charge in [0.05, 0.1) is 0 Å². The molecule has 2 heterocycles. The molecule has 0 radical (unpaired) electrons. The maximum Gasteiger partial charge on any atom is 0.125 e. The van der Waals surface area contributed by atoms with Crippen LogP contribution in [0, 0.1) is 5.82 Å². The molecule has 0 spiro atoms. The monoisotopic (exact) mass is 350 g/mol. The van der Waals surface area contributed by atoms with E-state index in [1.54, 1.807) is 12.1 Å². The van der Waals surface area contributed by atoms with Gasteiger partial charge in [0.2, 0.25) is 0 Å². The highest BCUT2D eigenvalue weighted by molar-refractivity contribution is 5.55. The van der Waals surface area contributed by atoms with Crippen LogP contribution in [-0.4, -0.2) is 25.0 Å². The molecule has 2 aliphatic rings. The van der Waals surface area contributed by atoms with Crippen molar-refractivity contribution in [1.82, 2.24) is 4.90 Å². The summed E-state index contributed by atoms with van der Waals surface area (Å²) >= 11 is 0. The van der Waals surface area contributed by atoms with E-state index in [1.165, 1.54) is 28.9 Å². The van der Waals surface area contributed by atoms with Crippen LogP contribution >= 0.6 is 0 Å². The summed E-state index contributed by atoms with van der Waals surface area (Å²) in [4.78, 5) is 4.56. The smallest absolute Gasteiger partial charge is 0.125 e. The summed E-state index contributed by atoms with van der Waals surface area (Å²) in [6, 6.07) is 12.9. The number of nitrogens with zero attached hydrogens (tertiary/aromatic N) is 2. The third-order valence-electron chi connectivity index (χ3n) is 4.93. The first kappa shape index (κ1) is 16.9. The van der Waals surface area contributed by atoms with Crippen LogP contribution in [0.25, 0.3) is 0 Å². The van der Waals surface area contributed by atoms with E-state index in [-0.39, 0.29) is 11.9 Å². The van der Waals surface area contributed by atoms with Crippen LogP contribution < -0.4 is 9.64 Å². The van der Waals surface area contributed by atoms with Crippen LogP contribution in [0.5, 0.6) is 5.75 Å². The summed E-state index contributed by atoms with van der Waals surface area (Å²) in [5.41, 5.74) is 3.71. The van der Waals surface area contributed by atoms with Crippen molar-refractivity contribution < 1.29 is 9.13 Å². The van der Waals surface area contributed by atoms with Crippen molar-refractivity contribution in [2.45, 2.75) is 19.1 Å². The van der Waals surface area contributed by atoms with Gasteiger partial charge in [-0.25, -0.2) is 4.39 Å². The van der Waals surface area contributed by atoms with Gasteiger partial charge < -0.3 is 14.5 Å². The molecule has 0 bridgehead atoms. The van der Waals surface area contributed by atoms with Crippen LogP contribution in [0.4, 0.5) is 10.1 Å². The average Bonchev–Trinajstić information content (AvgIpc) is 2.82. The lowest BCUT2D eigenvalue weighted by Crippen LogP contribution is -2.19. The second kappa shape index (κ2) is 7.34. The highest BCUT2D eigenvalue weighted by Gasteiger charge is 2.23. The molecule has 1 unspecified atom stereocenters. The fourth-order valence-electron chi connectivity index (χ4n) is 3.54. The van der Waals surface area contributed by atoms with Crippen LogP contribution in [0.1, 0.15) is 23.7 Å². The summed E-state index contributed by atoms with van der Waals surface area (Å²) in [5, 5.41) is 0. The van der Waals surface area contributed by atoms with Crippen LogP contribution in [-0.2, 0) is 6.54 Å². The maximum atomic E-state index is 13.2. The second-order valence-corrected chi connectivity index (χ2v) is 6.89. The number of ether oxygens (including phenoxy) is 1. The highest BCUT2D eigenvalue weighted by Crippen LogP contribution is 2.33. The van der Waals surface area contributed by atoms with Gasteiger partial charge in [-0.3, -0.25) is 0 Å². The molecular formula is C22H23FN2O. The van der Waals surface area contributed by atoms with E-state index in [4.69, 9.17) is 4.74 Å². The van der Waals surface area contributed by atoms with E-state index >= 15 is 0 Å². The quantitative estimate of drug-likeness (QED) is 0.800. The van der Waals surface area contributed by atoms with Crippen molar-refractivity contribution in [3.05, 3.63) is 83.8 Å². The van der Waals surface area contributed by atoms with Gasteiger partial charge in [-0.05, 0) is 60.6 Å². The summed E-state index contributed by atoms with van der Waals surface area (Å²) in [7, 11) is 2.14. The number of rotatable bonds is 3. The van der Waals surface area contributed by atoms with E-state index in [0.29, 0.717) is 5.75 Å². The molecular weight excluding hydrogens is 327 g/mol. The van der Waals surface area contributed by atoms with Gasteiger partial charge in [-0.1, -0.05) is 18.2 Å². The summed E-state index contributed by atoms with van der Waals surface area (Å²) in [6.45, 7) is 2.75. The molecule has 3 nitrogen and oxygen atoms in total. The summed E-state index contributed by atoms with van der Waals surface area (Å²) in [5.74, 6) is 0.465. The van der Waals surface area contributed by atoms with E-state index in [1.807, 2.05) is 0 Å². The molecule has 4 rings (SSSR count). The van der Waals surface area contributed by atoms with Crippen molar-refractivity contribution in [2.24, 2.45) is 0 Å². The molecule has 2 aromatic carbocycles. The molecule has 0 amide bonds. The van der Waals surface area contributed by atoms with Crippen LogP contribution in [0.15, 0.2) is 66.9 Å². The lowest BCUT2D eigenvalue weighted by Gasteiger charge is -2.24. The number of halogens is 1. The first-order valence-corrected chi connectivity index (χ1v) is 9.02. The Bertz CT molecular complexity index is 829. The summed E-state index contributed by atoms with van der Waals surface area (Å²) in [6.07, 6.45) is 9.27. The Labute approximate surface area is 154 Å². The van der Waals surface area contributed by atoms with Gasteiger partial charge in [0, 0.05) is 37.9 Å². The van der Waals surface area contributed by atoms with Gasteiger partial charge in [-0.15, -0.1) is 0 Å². The number of allylic oxidation sites excluding steroid dienone is 2. The molecule has 2 aliphatic heterocycles. The third-order valence-corrected chi connectivity index (χ3v) is 4.93. The van der Waals surface area contributed by atoms with Gasteiger partial charge in [0.15, 0.2) is 0 Å². The van der Waals surface area contributed by atoms with Crippen molar-refractivity contribution in [3.8, 4) is 5.75 Å². The molecule has 134 valence electrons. The Morgan fingerprint density at radius 2 is 1.92 bits per heavy atom. The molecule has 0 aromatic heterocycles. The second-order valence-electron chi connectivity index (χ2n) is 6.89. The number of hydrogen-bond acceptors (Lipinski definition) is 3. The van der Waals surface area contributed by atoms with Gasteiger partial charge in [0.1, 0.15) is 17.7 Å². The Hall–Kier alpha value is -2.59. The fraction of sp³-hybridized carbons (Fsp3) is 0.273. The van der Waals surface area contributed by atoms with Crippen molar-refractivity contribution in [2.75, 3.05) is 25.0 Å². The molecule has 4 heteroatoms. The first-order chi connectivity index (χ1) is 12.7. The highest BCUT2D eigenvalue weighted by atomic mass is 19.1. The topological polar surface area (TPSA) is 15.7 Å². The predicted octanol–water partition coefficient (Wildman–Crippen LogP) is 4.67. The van der Waals surface area contributed by atoms with Crippen molar-refractivity contribution in [3.63, 3.8) is 0 Å². The Balaban J connectivity index is 1.63. The van der Waals surface area contributed by atoms with E-state index in [2.05, 4.69) is 59.5 Å². The standard InChI is InChI=1S/C22H23FN2O/c1-24-14-11-22(26-20-8-5-18(23)6-9-20)21-10-7-19(15-17(21)16-24)25-12-3-2-4-13-25/h2-10,12,15,22H,11,13-14,16H2,1H3. The SMILES string of the molecule is CN1CCC(Oc2ccc(F)cc2)c2ccc(N3C=CC=CC3)cc2C1. The number of anilines is 1. The van der Waals surface area contributed by atoms with E-state index < -0.39 is 0 Å². The number of fused-ring (bicyclic) bond motifs is 1. The first-order valence-electron chi connectivity index (χ1n) is 9.02. The number of hydrogen-bond donors (Lipinski definition) is 0. The molecule has 0 aliphatic carbocycles. The minimum Gasteiger partial charge on any atom is -0.486 e. The van der Waals surface area contributed by atoms with E-state index in [9.17, 15) is 4.39 Å². The zero-order valence-corrected chi connectivity index (χ0v) is 14.9. The van der Waals surface area contributed by atoms with Gasteiger partial charge in [0.25, 0.3) is 0 Å².